The van der Waals surface area contributed by atoms with Crippen LogP contribution < -0.4 is 5.32 Å². The van der Waals surface area contributed by atoms with E-state index < -0.39 is 0 Å². The molecule has 0 heterocycles. The van der Waals surface area contributed by atoms with Crippen molar-refractivity contribution in [1.82, 2.24) is 0 Å². The van der Waals surface area contributed by atoms with Gasteiger partial charge in [0.25, 0.3) is 0 Å². The Morgan fingerprint density at radius 1 is 0.955 bits per heavy atom. The molecule has 1 nitrogen and oxygen atoms in total. The van der Waals surface area contributed by atoms with Crippen molar-refractivity contribution in [2.45, 2.75) is 59.4 Å². The Balaban J connectivity index is 0.000000224. The number of benzene rings is 1. The Kier molecular flexibility index (Phi) is 9.71. The molecule has 120 valence electrons. The fraction of sp³-hybridized carbons (Fsp3) is 0.579. The first kappa shape index (κ1) is 20.0. The maximum absolute atomic E-state index is 3.39. The van der Waals surface area contributed by atoms with Crippen LogP contribution in [0.15, 0.2) is 18.2 Å². The van der Waals surface area contributed by atoms with Crippen LogP contribution in [0.5, 0.6) is 0 Å². The standard InChI is InChI=1S/C11H17N.C8H10.2Mo/c1-8(2)12-11-6-9(3)5-10(4)7-11;1-7-5-3-4-6-8(7)2;;/h5-8,12H,1-4H3;7-8H,3-6H2;;. The molecule has 0 aromatic heterocycles. The summed E-state index contributed by atoms with van der Waals surface area (Å²) in [6.07, 6.45) is 5.47. The minimum absolute atomic E-state index is 0.506. The molecule has 1 N–H and O–H groups in total. The van der Waals surface area contributed by atoms with E-state index in [1.54, 1.807) is 0 Å². The van der Waals surface area contributed by atoms with Crippen LogP contribution in [0, 0.1) is 34.1 Å². The third-order valence-electron chi connectivity index (χ3n) is 3.75. The Hall–Kier alpha value is -0.0434. The van der Waals surface area contributed by atoms with Gasteiger partial charge in [0.2, 0.25) is 0 Å². The van der Waals surface area contributed by atoms with E-state index in [-0.39, 0.29) is 0 Å². The van der Waals surface area contributed by atoms with Gasteiger partial charge in [-0.3, -0.25) is 0 Å². The van der Waals surface area contributed by atoms with Crippen molar-refractivity contribution in [2.24, 2.45) is 11.8 Å². The van der Waals surface area contributed by atoms with Crippen LogP contribution in [-0.4, -0.2) is 6.04 Å². The Labute approximate surface area is 157 Å². The normalized spacial score (nSPS) is 20.3. The summed E-state index contributed by atoms with van der Waals surface area (Å²) in [6, 6.07) is 7.04. The average Bonchev–Trinajstić information content (AvgIpc) is 2.46. The molecule has 1 aromatic carbocycles. The summed E-state index contributed by atoms with van der Waals surface area (Å²) in [6.45, 7) is 8.55. The second kappa shape index (κ2) is 10.7. The minimum atomic E-state index is 0.506. The summed E-state index contributed by atoms with van der Waals surface area (Å²) < 4.78 is 6.71. The van der Waals surface area contributed by atoms with Crippen molar-refractivity contribution in [1.29, 1.82) is 0 Å². The zero-order chi connectivity index (χ0) is 16.5. The van der Waals surface area contributed by atoms with Crippen molar-refractivity contribution < 1.29 is 38.3 Å². The molecular weight excluding hydrogens is 434 g/mol. The summed E-state index contributed by atoms with van der Waals surface area (Å²) in [5.41, 5.74) is 3.86. The van der Waals surface area contributed by atoms with Gasteiger partial charge in [0.05, 0.1) is 0 Å². The van der Waals surface area contributed by atoms with Gasteiger partial charge in [0.1, 0.15) is 0 Å². The molecule has 0 spiro atoms. The SMILES string of the molecule is Cc1cc(C)cc(NC(C)C)c1.[Mo]#[C]C1CCCCC1[C]#[Mo]. The molecule has 1 aliphatic carbocycles. The molecule has 0 bridgehead atoms. The van der Waals surface area contributed by atoms with Crippen LogP contribution in [0.2, 0.25) is 0 Å². The van der Waals surface area contributed by atoms with Gasteiger partial charge in [-0.15, -0.1) is 0 Å². The van der Waals surface area contributed by atoms with E-state index in [0.717, 1.165) is 0 Å². The second-order valence-electron chi connectivity index (χ2n) is 6.41. The summed E-state index contributed by atoms with van der Waals surface area (Å²) in [5, 5.41) is 3.39. The van der Waals surface area contributed by atoms with Crippen molar-refractivity contribution in [2.75, 3.05) is 5.32 Å². The number of hydrogen-bond acceptors (Lipinski definition) is 1. The Morgan fingerprint density at radius 2 is 1.41 bits per heavy atom. The fourth-order valence-electron chi connectivity index (χ4n) is 2.80. The third-order valence-corrected chi connectivity index (χ3v) is 5.23. The predicted molar refractivity (Wildman–Crippen MR) is 87.9 cm³/mol. The number of aryl methyl sites for hydroxylation is 2. The quantitative estimate of drug-likeness (QED) is 0.617. The molecule has 2 unspecified atom stereocenters. The van der Waals surface area contributed by atoms with Crippen LogP contribution in [0.3, 0.4) is 0 Å². The van der Waals surface area contributed by atoms with Gasteiger partial charge in [-0.25, -0.2) is 0 Å². The van der Waals surface area contributed by atoms with Crippen LogP contribution in [0.25, 0.3) is 0 Å². The maximum atomic E-state index is 3.39. The van der Waals surface area contributed by atoms with Gasteiger partial charge in [0.15, 0.2) is 0 Å². The molecule has 0 amide bonds. The molecule has 2 atom stereocenters. The average molecular weight is 461 g/mol. The van der Waals surface area contributed by atoms with E-state index in [1.807, 2.05) is 38.3 Å². The number of hydrogen-bond donors (Lipinski definition) is 1. The molecular formula is C19H27Mo2N. The van der Waals surface area contributed by atoms with E-state index in [4.69, 9.17) is 0 Å². The number of nitrogens with one attached hydrogen (secondary N) is 1. The molecule has 0 aliphatic heterocycles. The van der Waals surface area contributed by atoms with Crippen molar-refractivity contribution in [3.05, 3.63) is 29.3 Å². The molecule has 2 rings (SSSR count). The predicted octanol–water partition coefficient (Wildman–Crippen LogP) is 4.93. The van der Waals surface area contributed by atoms with E-state index in [2.05, 4.69) is 59.6 Å². The zero-order valence-electron chi connectivity index (χ0n) is 14.1. The Bertz CT molecular complexity index is 509. The zero-order valence-corrected chi connectivity index (χ0v) is 18.1. The first-order valence-corrected chi connectivity index (χ1v) is 10.1. The topological polar surface area (TPSA) is 12.0 Å². The molecule has 1 aromatic rings. The Morgan fingerprint density at radius 3 is 1.77 bits per heavy atom. The van der Waals surface area contributed by atoms with Crippen molar-refractivity contribution >= 4 is 5.69 Å². The first-order chi connectivity index (χ1) is 10.5. The molecule has 1 aliphatic rings. The van der Waals surface area contributed by atoms with Gasteiger partial charge in [-0.1, -0.05) is 6.07 Å². The summed E-state index contributed by atoms with van der Waals surface area (Å²) in [4.78, 5) is 0. The molecule has 0 radical (unpaired) electrons. The summed E-state index contributed by atoms with van der Waals surface area (Å²) in [7, 11) is 0. The molecule has 3 heteroatoms. The number of rotatable bonds is 2. The van der Waals surface area contributed by atoms with E-state index in [9.17, 15) is 0 Å². The monoisotopic (exact) mass is 465 g/mol. The van der Waals surface area contributed by atoms with E-state index >= 15 is 0 Å². The van der Waals surface area contributed by atoms with Gasteiger partial charge in [-0.05, 0) is 51.0 Å². The van der Waals surface area contributed by atoms with Crippen molar-refractivity contribution in [3.63, 3.8) is 0 Å². The third kappa shape index (κ3) is 7.48. The summed E-state index contributed by atoms with van der Waals surface area (Å²) >= 11 is 3.98. The van der Waals surface area contributed by atoms with Crippen LogP contribution in [-0.2, 0) is 38.3 Å². The van der Waals surface area contributed by atoms with Gasteiger partial charge in [0, 0.05) is 11.7 Å². The van der Waals surface area contributed by atoms with Crippen LogP contribution >= 0.6 is 0 Å². The van der Waals surface area contributed by atoms with Gasteiger partial charge in [-0.2, -0.15) is 0 Å². The van der Waals surface area contributed by atoms with Crippen molar-refractivity contribution in [3.8, 4) is 8.40 Å². The van der Waals surface area contributed by atoms with E-state index in [1.165, 1.54) is 42.5 Å². The van der Waals surface area contributed by atoms with E-state index in [0.29, 0.717) is 17.9 Å². The number of anilines is 1. The van der Waals surface area contributed by atoms with Crippen LogP contribution in [0.1, 0.15) is 50.7 Å². The second-order valence-corrected chi connectivity index (χ2v) is 7.57. The fourth-order valence-corrected chi connectivity index (χ4v) is 4.19. The van der Waals surface area contributed by atoms with Gasteiger partial charge >= 0.3 is 84.2 Å². The van der Waals surface area contributed by atoms with Crippen LogP contribution in [0.4, 0.5) is 5.69 Å². The molecule has 0 saturated heterocycles. The molecule has 22 heavy (non-hydrogen) atoms. The van der Waals surface area contributed by atoms with Gasteiger partial charge < -0.3 is 5.32 Å². The molecule has 1 saturated carbocycles. The molecule has 1 fully saturated rings. The summed E-state index contributed by atoms with van der Waals surface area (Å²) in [5.74, 6) is 1.43. The first-order valence-electron chi connectivity index (χ1n) is 8.06.